The summed E-state index contributed by atoms with van der Waals surface area (Å²) in [5.41, 5.74) is 5.34. The van der Waals surface area contributed by atoms with Crippen molar-refractivity contribution in [1.82, 2.24) is 4.98 Å². The van der Waals surface area contributed by atoms with Crippen LogP contribution in [0.15, 0.2) is 35.2 Å². The highest BCUT2D eigenvalue weighted by Crippen LogP contribution is 2.39. The van der Waals surface area contributed by atoms with E-state index in [0.29, 0.717) is 28.8 Å². The Hall–Kier alpha value is -2.60. The van der Waals surface area contributed by atoms with E-state index in [1.54, 1.807) is 19.1 Å². The van der Waals surface area contributed by atoms with Gasteiger partial charge in [-0.25, -0.2) is 8.42 Å². The van der Waals surface area contributed by atoms with Crippen molar-refractivity contribution < 1.29 is 13.2 Å². The highest BCUT2D eigenvalue weighted by molar-refractivity contribution is 7.92. The minimum atomic E-state index is -3.76. The molecule has 2 N–H and O–H groups in total. The number of rotatable bonds is 3. The third-order valence-electron chi connectivity index (χ3n) is 5.66. The number of aromatic amines is 1. The van der Waals surface area contributed by atoms with Crippen molar-refractivity contribution >= 4 is 32.4 Å². The van der Waals surface area contributed by atoms with E-state index in [9.17, 15) is 13.2 Å². The lowest BCUT2D eigenvalue weighted by Crippen LogP contribution is -2.26. The van der Waals surface area contributed by atoms with Crippen LogP contribution in [0.1, 0.15) is 53.0 Å². The SMILES string of the molecule is Cc1ccc(NS(=O)(=O)c2cc3[nH]c4c(c3cc2C)C(=O)CC(C)(C)C4)c(C)c1. The second kappa shape index (κ2) is 6.46. The Kier molecular flexibility index (Phi) is 4.39. The number of carbonyl (C=O) groups excluding carboxylic acids is 1. The molecule has 0 saturated carbocycles. The fourth-order valence-corrected chi connectivity index (χ4v) is 5.70. The van der Waals surface area contributed by atoms with Gasteiger partial charge in [-0.15, -0.1) is 0 Å². The van der Waals surface area contributed by atoms with Gasteiger partial charge < -0.3 is 4.98 Å². The summed E-state index contributed by atoms with van der Waals surface area (Å²) in [5.74, 6) is 0.117. The van der Waals surface area contributed by atoms with Crippen LogP contribution >= 0.6 is 0 Å². The molecule has 0 bridgehead atoms. The van der Waals surface area contributed by atoms with Gasteiger partial charge >= 0.3 is 0 Å². The van der Waals surface area contributed by atoms with E-state index < -0.39 is 10.0 Å². The Balaban J connectivity index is 1.80. The summed E-state index contributed by atoms with van der Waals surface area (Å²) in [6, 6.07) is 9.07. The fourth-order valence-electron chi connectivity index (χ4n) is 4.32. The largest absolute Gasteiger partial charge is 0.358 e. The molecule has 1 aliphatic rings. The minimum Gasteiger partial charge on any atom is -0.358 e. The lowest BCUT2D eigenvalue weighted by Gasteiger charge is -2.28. The topological polar surface area (TPSA) is 79.0 Å². The molecule has 152 valence electrons. The molecule has 0 fully saturated rings. The zero-order valence-electron chi connectivity index (χ0n) is 17.4. The van der Waals surface area contributed by atoms with Gasteiger partial charge in [0, 0.05) is 28.6 Å². The van der Waals surface area contributed by atoms with Crippen LogP contribution in [-0.2, 0) is 16.4 Å². The molecule has 1 aliphatic carbocycles. The van der Waals surface area contributed by atoms with E-state index in [4.69, 9.17) is 0 Å². The average Bonchev–Trinajstić information content (AvgIpc) is 2.92. The smallest absolute Gasteiger partial charge is 0.262 e. The Bertz CT molecular complexity index is 1270. The molecule has 29 heavy (non-hydrogen) atoms. The van der Waals surface area contributed by atoms with Gasteiger partial charge in [0.05, 0.1) is 10.6 Å². The summed E-state index contributed by atoms with van der Waals surface area (Å²) in [7, 11) is -3.76. The fraction of sp³-hybridized carbons (Fsp3) is 0.348. The van der Waals surface area contributed by atoms with Crippen molar-refractivity contribution in [3.63, 3.8) is 0 Å². The van der Waals surface area contributed by atoms with Gasteiger partial charge in [-0.05, 0) is 61.9 Å². The molecule has 0 amide bonds. The molecule has 1 aromatic heterocycles. The molecule has 4 rings (SSSR count). The molecule has 5 nitrogen and oxygen atoms in total. The van der Waals surface area contributed by atoms with E-state index in [0.717, 1.165) is 28.6 Å². The molecule has 0 spiro atoms. The third-order valence-corrected chi connectivity index (χ3v) is 7.17. The maximum absolute atomic E-state index is 13.1. The number of nitrogens with one attached hydrogen (secondary N) is 2. The molecule has 1 heterocycles. The zero-order valence-corrected chi connectivity index (χ0v) is 18.3. The minimum absolute atomic E-state index is 0.0978. The van der Waals surface area contributed by atoms with Crippen LogP contribution in [0.5, 0.6) is 0 Å². The summed E-state index contributed by atoms with van der Waals surface area (Å²) in [4.78, 5) is 16.3. The number of fused-ring (bicyclic) bond motifs is 3. The van der Waals surface area contributed by atoms with Crippen molar-refractivity contribution in [2.75, 3.05) is 4.72 Å². The van der Waals surface area contributed by atoms with Crippen LogP contribution in [0, 0.1) is 26.2 Å². The number of H-pyrrole nitrogens is 1. The van der Waals surface area contributed by atoms with E-state index in [-0.39, 0.29) is 16.1 Å². The quantitative estimate of drug-likeness (QED) is 0.634. The predicted molar refractivity (Wildman–Crippen MR) is 116 cm³/mol. The van der Waals surface area contributed by atoms with Crippen LogP contribution in [-0.4, -0.2) is 19.2 Å². The second-order valence-corrected chi connectivity index (χ2v) is 10.7. The van der Waals surface area contributed by atoms with Crippen molar-refractivity contribution in [3.05, 3.63) is 58.3 Å². The number of hydrogen-bond donors (Lipinski definition) is 2. The lowest BCUT2D eigenvalue weighted by atomic mass is 9.76. The van der Waals surface area contributed by atoms with Crippen LogP contribution in [0.4, 0.5) is 5.69 Å². The first-order chi connectivity index (χ1) is 13.5. The standard InChI is InChI=1S/C23H26N2O3S/c1-13-6-7-17(14(2)8-13)25-29(27,28)21-10-18-16(9-15(21)3)22-19(24-18)11-23(4,5)12-20(22)26/h6-10,24-25H,11-12H2,1-5H3. The Morgan fingerprint density at radius 3 is 2.41 bits per heavy atom. The maximum atomic E-state index is 13.1. The monoisotopic (exact) mass is 410 g/mol. The Labute approximate surface area is 171 Å². The number of ketones is 1. The molecular formula is C23H26N2O3S. The number of aryl methyl sites for hydroxylation is 3. The number of carbonyl (C=O) groups is 1. The van der Waals surface area contributed by atoms with Crippen LogP contribution in [0.25, 0.3) is 10.9 Å². The van der Waals surface area contributed by atoms with E-state index in [2.05, 4.69) is 23.6 Å². The van der Waals surface area contributed by atoms with Crippen molar-refractivity contribution in [2.45, 2.75) is 52.4 Å². The number of benzene rings is 2. The van der Waals surface area contributed by atoms with Gasteiger partial charge in [-0.1, -0.05) is 31.5 Å². The van der Waals surface area contributed by atoms with Gasteiger partial charge in [-0.2, -0.15) is 0 Å². The number of Topliss-reactive ketones (excluding diaryl/α,β-unsaturated/α-hetero) is 1. The predicted octanol–water partition coefficient (Wildman–Crippen LogP) is 5.05. The van der Waals surface area contributed by atoms with Crippen LogP contribution in [0.3, 0.4) is 0 Å². The summed E-state index contributed by atoms with van der Waals surface area (Å²) in [6.07, 6.45) is 1.27. The molecule has 2 aromatic carbocycles. The molecule has 0 unspecified atom stereocenters. The van der Waals surface area contributed by atoms with Crippen LogP contribution < -0.4 is 4.72 Å². The number of aromatic nitrogens is 1. The highest BCUT2D eigenvalue weighted by atomic mass is 32.2. The molecule has 6 heteroatoms. The molecule has 3 aromatic rings. The summed E-state index contributed by atoms with van der Waals surface area (Å²) >= 11 is 0. The first-order valence-corrected chi connectivity index (χ1v) is 11.2. The summed E-state index contributed by atoms with van der Waals surface area (Å²) in [6.45, 7) is 9.78. The van der Waals surface area contributed by atoms with Gasteiger partial charge in [0.2, 0.25) is 0 Å². The molecule has 0 radical (unpaired) electrons. The third kappa shape index (κ3) is 3.46. The summed E-state index contributed by atoms with van der Waals surface area (Å²) in [5, 5.41) is 0.809. The molecular weight excluding hydrogens is 384 g/mol. The van der Waals surface area contributed by atoms with E-state index in [1.807, 2.05) is 32.0 Å². The Morgan fingerprint density at radius 2 is 1.72 bits per heavy atom. The second-order valence-electron chi connectivity index (χ2n) is 9.01. The number of hydrogen-bond acceptors (Lipinski definition) is 3. The normalized spacial score (nSPS) is 16.1. The average molecular weight is 411 g/mol. The van der Waals surface area contributed by atoms with Gasteiger partial charge in [0.25, 0.3) is 10.0 Å². The van der Waals surface area contributed by atoms with Crippen molar-refractivity contribution in [1.29, 1.82) is 0 Å². The summed E-state index contributed by atoms with van der Waals surface area (Å²) < 4.78 is 29.0. The Morgan fingerprint density at radius 1 is 1.00 bits per heavy atom. The molecule has 0 saturated heterocycles. The van der Waals surface area contributed by atoms with E-state index >= 15 is 0 Å². The first kappa shape index (κ1) is 19.7. The maximum Gasteiger partial charge on any atom is 0.262 e. The van der Waals surface area contributed by atoms with Crippen molar-refractivity contribution in [2.24, 2.45) is 5.41 Å². The van der Waals surface area contributed by atoms with Crippen LogP contribution in [0.2, 0.25) is 0 Å². The highest BCUT2D eigenvalue weighted by Gasteiger charge is 2.34. The molecule has 0 aliphatic heterocycles. The zero-order chi connectivity index (χ0) is 21.1. The van der Waals surface area contributed by atoms with Gasteiger partial charge in [0.1, 0.15) is 0 Å². The first-order valence-electron chi connectivity index (χ1n) is 9.75. The lowest BCUT2D eigenvalue weighted by molar-refractivity contribution is 0.0913. The number of anilines is 1. The van der Waals surface area contributed by atoms with E-state index in [1.165, 1.54) is 0 Å². The number of sulfonamides is 1. The molecule has 0 atom stereocenters. The van der Waals surface area contributed by atoms with Gasteiger partial charge in [-0.3, -0.25) is 9.52 Å². The van der Waals surface area contributed by atoms with Gasteiger partial charge in [0.15, 0.2) is 5.78 Å². The van der Waals surface area contributed by atoms with Crippen molar-refractivity contribution in [3.8, 4) is 0 Å².